The highest BCUT2D eigenvalue weighted by Crippen LogP contribution is 2.42. The van der Waals surface area contributed by atoms with Crippen molar-refractivity contribution in [1.29, 1.82) is 0 Å². The second-order valence-corrected chi connectivity index (χ2v) is 13.0. The molecule has 0 aliphatic rings. The van der Waals surface area contributed by atoms with E-state index in [9.17, 15) is 0 Å². The molecule has 0 amide bonds. The van der Waals surface area contributed by atoms with Crippen LogP contribution in [0.3, 0.4) is 0 Å². The van der Waals surface area contributed by atoms with Crippen LogP contribution in [-0.2, 0) is 4.43 Å². The summed E-state index contributed by atoms with van der Waals surface area (Å²) in [5.41, 5.74) is 2.11. The third kappa shape index (κ3) is 8.52. The van der Waals surface area contributed by atoms with E-state index in [0.29, 0.717) is 23.2 Å². The lowest BCUT2D eigenvalue weighted by Gasteiger charge is -2.42. The van der Waals surface area contributed by atoms with Crippen molar-refractivity contribution >= 4 is 40.2 Å². The normalized spacial score (nSPS) is 12.0. The number of hydrogen-bond donors (Lipinski definition) is 1. The van der Waals surface area contributed by atoms with E-state index in [2.05, 4.69) is 73.4 Å². The highest BCUT2D eigenvalue weighted by atomic mass is 79.9. The molecule has 1 N–H and O–H groups in total. The molecule has 0 atom stereocenters. The fourth-order valence-electron chi connectivity index (χ4n) is 2.86. The van der Waals surface area contributed by atoms with Crippen molar-refractivity contribution in [1.82, 2.24) is 0 Å². The maximum atomic E-state index is 8.04. The summed E-state index contributed by atoms with van der Waals surface area (Å²) < 4.78 is 6.36. The largest absolute Gasteiger partial charge is 0.416 e. The summed E-state index contributed by atoms with van der Waals surface area (Å²) in [6.45, 7) is 15.2. The van der Waals surface area contributed by atoms with Crippen LogP contribution in [0.25, 0.3) is 0 Å². The van der Waals surface area contributed by atoms with E-state index >= 15 is 0 Å². The predicted molar refractivity (Wildman–Crippen MR) is 101 cm³/mol. The molecule has 20 heavy (non-hydrogen) atoms. The van der Waals surface area contributed by atoms with Crippen molar-refractivity contribution in [3.63, 3.8) is 0 Å². The molecule has 0 aromatic rings. The first kappa shape index (κ1) is 23.4. The molecule has 0 bridgehead atoms. The van der Waals surface area contributed by atoms with E-state index in [1.165, 1.54) is 0 Å². The molecule has 0 radical (unpaired) electrons. The molecule has 0 saturated heterocycles. The molecule has 0 unspecified atom stereocenters. The van der Waals surface area contributed by atoms with Crippen LogP contribution in [-0.4, -0.2) is 37.3 Å². The number of rotatable bonds is 9. The second kappa shape index (κ2) is 13.7. The van der Waals surface area contributed by atoms with Gasteiger partial charge in [0.05, 0.1) is 0 Å². The van der Waals surface area contributed by atoms with Crippen LogP contribution in [0.4, 0.5) is 0 Å². The van der Waals surface area contributed by atoms with Crippen LogP contribution >= 0.6 is 31.9 Å². The molecule has 5 heteroatoms. The molecule has 124 valence electrons. The van der Waals surface area contributed by atoms with Gasteiger partial charge in [0, 0.05) is 23.9 Å². The van der Waals surface area contributed by atoms with Gasteiger partial charge in [0.1, 0.15) is 0 Å². The lowest BCUT2D eigenvalue weighted by atomic mass is 10.5. The Hall–Kier alpha value is 1.10. The number of alkyl halides is 2. The second-order valence-electron chi connectivity index (χ2n) is 5.97. The highest BCUT2D eigenvalue weighted by molar-refractivity contribution is 9.09. The maximum Gasteiger partial charge on any atom is 0.200 e. The SMILES string of the molecule is CC(C)[Si](OCCCBr)(C(C)C)C(C)C.OCCCBr. The fourth-order valence-corrected chi connectivity index (χ4v) is 8.84. The van der Waals surface area contributed by atoms with Crippen LogP contribution in [0, 0.1) is 0 Å². The molecule has 0 aliphatic heterocycles. The van der Waals surface area contributed by atoms with E-state index in [0.717, 1.165) is 30.1 Å². The van der Waals surface area contributed by atoms with Gasteiger partial charge in [-0.3, -0.25) is 0 Å². The third-order valence-corrected chi connectivity index (χ3v) is 10.9. The quantitative estimate of drug-likeness (QED) is 0.286. The summed E-state index contributed by atoms with van der Waals surface area (Å²) in [6, 6.07) is 0. The minimum absolute atomic E-state index is 0.297. The van der Waals surface area contributed by atoms with Crippen molar-refractivity contribution in [2.75, 3.05) is 23.9 Å². The molecule has 2 nitrogen and oxygen atoms in total. The average molecular weight is 434 g/mol. The van der Waals surface area contributed by atoms with Gasteiger partial charge in [-0.05, 0) is 29.5 Å². The summed E-state index contributed by atoms with van der Waals surface area (Å²) in [5.74, 6) is 0. The van der Waals surface area contributed by atoms with Crippen molar-refractivity contribution in [3.05, 3.63) is 0 Å². The van der Waals surface area contributed by atoms with Crippen LogP contribution in [0.2, 0.25) is 16.6 Å². The van der Waals surface area contributed by atoms with Crippen molar-refractivity contribution < 1.29 is 9.53 Å². The van der Waals surface area contributed by atoms with E-state index < -0.39 is 8.32 Å². The van der Waals surface area contributed by atoms with Gasteiger partial charge >= 0.3 is 0 Å². The zero-order valence-corrected chi connectivity index (χ0v) is 18.3. The molecule has 0 aliphatic carbocycles. The number of aliphatic hydroxyl groups excluding tert-OH is 1. The summed E-state index contributed by atoms with van der Waals surface area (Å²) >= 11 is 6.61. The molecule has 0 fully saturated rings. The molecule has 0 rings (SSSR count). The van der Waals surface area contributed by atoms with Crippen molar-refractivity contribution in [2.24, 2.45) is 0 Å². The molecule has 0 saturated carbocycles. The molecule has 0 spiro atoms. The topological polar surface area (TPSA) is 29.5 Å². The molecular weight excluding hydrogens is 400 g/mol. The fraction of sp³-hybridized carbons (Fsp3) is 1.00. The van der Waals surface area contributed by atoms with E-state index in [1.807, 2.05) is 0 Å². The first-order chi connectivity index (χ1) is 9.31. The number of halogens is 2. The Morgan fingerprint density at radius 3 is 1.45 bits per heavy atom. The van der Waals surface area contributed by atoms with Gasteiger partial charge in [-0.25, -0.2) is 0 Å². The first-order valence-corrected chi connectivity index (χ1v) is 12.1. The summed E-state index contributed by atoms with van der Waals surface area (Å²) in [6.07, 6.45) is 1.99. The van der Waals surface area contributed by atoms with Gasteiger partial charge in [-0.15, -0.1) is 0 Å². The minimum Gasteiger partial charge on any atom is -0.416 e. The van der Waals surface area contributed by atoms with Gasteiger partial charge in [0.2, 0.25) is 0 Å². The molecule has 0 aromatic carbocycles. The van der Waals surface area contributed by atoms with Gasteiger partial charge in [-0.1, -0.05) is 73.4 Å². The van der Waals surface area contributed by atoms with Crippen molar-refractivity contribution in [3.8, 4) is 0 Å². The van der Waals surface area contributed by atoms with Crippen LogP contribution in [0.5, 0.6) is 0 Å². The molecular formula is C15H34Br2O2Si. The Balaban J connectivity index is 0. The average Bonchev–Trinajstić information content (AvgIpc) is 2.35. The van der Waals surface area contributed by atoms with Gasteiger partial charge in [0.25, 0.3) is 0 Å². The summed E-state index contributed by atoms with van der Waals surface area (Å²) in [4.78, 5) is 0. The Labute approximate surface area is 144 Å². The lowest BCUT2D eigenvalue weighted by molar-refractivity contribution is 0.279. The summed E-state index contributed by atoms with van der Waals surface area (Å²) in [5, 5.41) is 9.99. The zero-order valence-electron chi connectivity index (χ0n) is 14.1. The predicted octanol–water partition coefficient (Wildman–Crippen LogP) is 5.73. The van der Waals surface area contributed by atoms with Crippen LogP contribution in [0.1, 0.15) is 54.4 Å². The lowest BCUT2D eigenvalue weighted by Crippen LogP contribution is -2.48. The molecule has 0 heterocycles. The van der Waals surface area contributed by atoms with E-state index in [-0.39, 0.29) is 0 Å². The monoisotopic (exact) mass is 432 g/mol. The smallest absolute Gasteiger partial charge is 0.200 e. The van der Waals surface area contributed by atoms with E-state index in [4.69, 9.17) is 9.53 Å². The van der Waals surface area contributed by atoms with Gasteiger partial charge in [0.15, 0.2) is 8.32 Å². The first-order valence-electron chi connectivity index (χ1n) is 7.67. The standard InChI is InChI=1S/C12H27BrOSi.C3H7BrO/c1-10(2)15(11(3)4,12(5)6)14-9-7-8-13;4-2-1-3-5/h10-12H,7-9H2,1-6H3;5H,1-3H2. The third-order valence-electron chi connectivity index (χ3n) is 3.63. The highest BCUT2D eigenvalue weighted by Gasteiger charge is 2.44. The number of aliphatic hydroxyl groups is 1. The van der Waals surface area contributed by atoms with Crippen LogP contribution < -0.4 is 0 Å². The Bertz CT molecular complexity index is 188. The minimum atomic E-state index is -1.59. The van der Waals surface area contributed by atoms with Gasteiger partial charge in [-0.2, -0.15) is 0 Å². The Morgan fingerprint density at radius 1 is 0.850 bits per heavy atom. The Kier molecular flexibility index (Phi) is 16.0. The zero-order chi connectivity index (χ0) is 16.2. The molecule has 0 aromatic heterocycles. The summed E-state index contributed by atoms with van der Waals surface area (Å²) in [7, 11) is -1.59. The number of hydrogen-bond acceptors (Lipinski definition) is 2. The van der Waals surface area contributed by atoms with Gasteiger partial charge < -0.3 is 9.53 Å². The van der Waals surface area contributed by atoms with Crippen molar-refractivity contribution in [2.45, 2.75) is 71.0 Å². The maximum absolute atomic E-state index is 8.04. The van der Waals surface area contributed by atoms with Crippen LogP contribution in [0.15, 0.2) is 0 Å². The van der Waals surface area contributed by atoms with E-state index in [1.54, 1.807) is 0 Å². The Morgan fingerprint density at radius 2 is 1.25 bits per heavy atom.